The Bertz CT molecular complexity index is 959. The van der Waals surface area contributed by atoms with Gasteiger partial charge in [-0.1, -0.05) is 6.07 Å². The molecule has 1 atom stereocenters. The second-order valence-corrected chi connectivity index (χ2v) is 9.01. The summed E-state index contributed by atoms with van der Waals surface area (Å²) in [5.41, 5.74) is 0.659. The number of hydrogen-bond acceptors (Lipinski definition) is 7. The molecule has 144 valence electrons. The van der Waals surface area contributed by atoms with E-state index in [-0.39, 0.29) is 12.4 Å². The van der Waals surface area contributed by atoms with E-state index in [0.717, 1.165) is 10.9 Å². The highest BCUT2D eigenvalue weighted by Crippen LogP contribution is 2.25. The molecule has 0 saturated heterocycles. The van der Waals surface area contributed by atoms with Gasteiger partial charge in [-0.3, -0.25) is 0 Å². The van der Waals surface area contributed by atoms with Crippen LogP contribution in [0.15, 0.2) is 44.2 Å². The van der Waals surface area contributed by atoms with E-state index in [4.69, 9.17) is 4.74 Å². The lowest BCUT2D eigenvalue weighted by atomic mass is 10.3. The maximum Gasteiger partial charge on any atom is 0.442 e. The number of amides is 1. The van der Waals surface area contributed by atoms with Crippen LogP contribution in [0.1, 0.15) is 19.8 Å². The second kappa shape index (κ2) is 8.66. The van der Waals surface area contributed by atoms with Crippen molar-refractivity contribution in [2.24, 2.45) is 4.36 Å². The van der Waals surface area contributed by atoms with Crippen LogP contribution in [0.25, 0.3) is 0 Å². The zero-order valence-electron chi connectivity index (χ0n) is 14.8. The topological polar surface area (TPSA) is 106 Å². The molecule has 0 radical (unpaired) electrons. The molecule has 2 N–H and O–H groups in total. The molecular formula is C17H20BrN5O3S. The van der Waals surface area contributed by atoms with Gasteiger partial charge in [0.25, 0.3) is 0 Å². The zero-order valence-corrected chi connectivity index (χ0v) is 17.2. The van der Waals surface area contributed by atoms with Crippen LogP contribution in [0.2, 0.25) is 0 Å². The van der Waals surface area contributed by atoms with E-state index in [1.165, 1.54) is 0 Å². The molecule has 0 saturated carbocycles. The minimum atomic E-state index is -2.94. The first-order valence-electron chi connectivity index (χ1n) is 8.55. The summed E-state index contributed by atoms with van der Waals surface area (Å²) >= 11 is 3.43. The highest BCUT2D eigenvalue weighted by molar-refractivity contribution is 9.10. The molecule has 1 amide bonds. The molecule has 2 heterocycles. The number of anilines is 3. The highest BCUT2D eigenvalue weighted by Gasteiger charge is 2.17. The first-order valence-corrected chi connectivity index (χ1v) is 11.0. The smallest absolute Gasteiger partial charge is 0.442 e. The Balaban J connectivity index is 2.03. The van der Waals surface area contributed by atoms with Crippen LogP contribution in [-0.2, 0) is 14.5 Å². The fourth-order valence-corrected chi connectivity index (χ4v) is 4.82. The number of fused-ring (bicyclic) bond motifs is 4. The van der Waals surface area contributed by atoms with Gasteiger partial charge in [0, 0.05) is 24.2 Å². The molecular weight excluding hydrogens is 434 g/mol. The molecule has 1 aromatic heterocycles. The van der Waals surface area contributed by atoms with E-state index in [1.54, 1.807) is 31.3 Å². The van der Waals surface area contributed by atoms with Crippen LogP contribution in [-0.4, -0.2) is 39.2 Å². The van der Waals surface area contributed by atoms with Gasteiger partial charge >= 0.3 is 6.09 Å². The van der Waals surface area contributed by atoms with Crippen molar-refractivity contribution in [1.29, 1.82) is 0 Å². The maximum absolute atomic E-state index is 13.5. The third-order valence-electron chi connectivity index (χ3n) is 3.83. The predicted molar refractivity (Wildman–Crippen MR) is 108 cm³/mol. The highest BCUT2D eigenvalue weighted by atomic mass is 79.9. The average molecular weight is 454 g/mol. The molecule has 27 heavy (non-hydrogen) atoms. The molecule has 1 unspecified atom stereocenters. The van der Waals surface area contributed by atoms with Crippen molar-refractivity contribution >= 4 is 49.2 Å². The lowest BCUT2D eigenvalue weighted by Gasteiger charge is -2.11. The number of rotatable bonds is 1. The van der Waals surface area contributed by atoms with Gasteiger partial charge in [-0.05, 0) is 53.9 Å². The average Bonchev–Trinajstić information content (AvgIpc) is 2.64. The molecule has 10 heteroatoms. The van der Waals surface area contributed by atoms with Gasteiger partial charge in [0.1, 0.15) is 5.82 Å². The lowest BCUT2D eigenvalue weighted by molar-refractivity contribution is 0.164. The first-order chi connectivity index (χ1) is 13.0. The SMILES string of the molecule is CCOC(=O)N=S1(=O)CCCCNc2nc(ncc2Br)Nc2cccc1c2. The Hall–Kier alpha value is -2.20. The normalized spacial score (nSPS) is 19.3. The molecule has 1 aromatic carbocycles. The van der Waals surface area contributed by atoms with E-state index in [9.17, 15) is 9.00 Å². The Morgan fingerprint density at radius 2 is 2.26 bits per heavy atom. The summed E-state index contributed by atoms with van der Waals surface area (Å²) in [7, 11) is -2.94. The van der Waals surface area contributed by atoms with Crippen molar-refractivity contribution in [1.82, 2.24) is 9.97 Å². The number of nitrogens with one attached hydrogen (secondary N) is 2. The lowest BCUT2D eigenvalue weighted by Crippen LogP contribution is -2.12. The Morgan fingerprint density at radius 3 is 3.07 bits per heavy atom. The van der Waals surface area contributed by atoms with Crippen LogP contribution in [0.4, 0.5) is 22.2 Å². The standard InChI is InChI=1S/C17H20BrN5O3S/c1-2-26-17(24)23-27(25)9-4-3-8-19-15-14(18)11-20-16(22-15)21-12-6-5-7-13(27)10-12/h5-7,10-11H,2-4,8-9H2,1H3,(H2,19,20,21,22). The molecule has 0 aliphatic carbocycles. The van der Waals surface area contributed by atoms with Gasteiger partial charge in [-0.2, -0.15) is 4.98 Å². The molecule has 4 bridgehead atoms. The van der Waals surface area contributed by atoms with Gasteiger partial charge in [0.05, 0.1) is 25.7 Å². The molecule has 1 aliphatic heterocycles. The van der Waals surface area contributed by atoms with Crippen LogP contribution in [0, 0.1) is 0 Å². The summed E-state index contributed by atoms with van der Waals surface area (Å²) in [6, 6.07) is 6.99. The van der Waals surface area contributed by atoms with Gasteiger partial charge in [0.15, 0.2) is 0 Å². The number of ether oxygens (including phenoxy) is 1. The summed E-state index contributed by atoms with van der Waals surface area (Å²) in [5.74, 6) is 1.35. The molecule has 0 spiro atoms. The van der Waals surface area contributed by atoms with Gasteiger partial charge < -0.3 is 15.4 Å². The van der Waals surface area contributed by atoms with Crippen LogP contribution >= 0.6 is 15.9 Å². The Morgan fingerprint density at radius 1 is 1.41 bits per heavy atom. The molecule has 0 fully saturated rings. The third kappa shape index (κ3) is 4.95. The fraction of sp³-hybridized carbons (Fsp3) is 0.353. The van der Waals surface area contributed by atoms with E-state index in [1.807, 2.05) is 6.07 Å². The molecule has 3 rings (SSSR count). The fourth-order valence-electron chi connectivity index (χ4n) is 2.57. The predicted octanol–water partition coefficient (Wildman–Crippen LogP) is 4.17. The van der Waals surface area contributed by atoms with E-state index >= 15 is 0 Å². The van der Waals surface area contributed by atoms with Crippen LogP contribution in [0.5, 0.6) is 0 Å². The van der Waals surface area contributed by atoms with Crippen molar-refractivity contribution < 1.29 is 13.7 Å². The number of hydrogen-bond donors (Lipinski definition) is 2. The van der Waals surface area contributed by atoms with Crippen molar-refractivity contribution in [3.05, 3.63) is 34.9 Å². The summed E-state index contributed by atoms with van der Waals surface area (Å²) < 4.78 is 23.0. The Kier molecular flexibility index (Phi) is 6.27. The number of nitrogens with zero attached hydrogens (tertiary/aromatic N) is 3. The van der Waals surface area contributed by atoms with Crippen LogP contribution < -0.4 is 10.6 Å². The van der Waals surface area contributed by atoms with Crippen molar-refractivity contribution in [3.8, 4) is 0 Å². The van der Waals surface area contributed by atoms with Crippen molar-refractivity contribution in [2.45, 2.75) is 24.7 Å². The summed E-state index contributed by atoms with van der Waals surface area (Å²) in [4.78, 5) is 21.1. The number of benzene rings is 1. The quantitative estimate of drug-likeness (QED) is 0.666. The van der Waals surface area contributed by atoms with E-state index < -0.39 is 15.8 Å². The van der Waals surface area contributed by atoms with Gasteiger partial charge in [0.2, 0.25) is 5.95 Å². The van der Waals surface area contributed by atoms with Crippen LogP contribution in [0.3, 0.4) is 0 Å². The van der Waals surface area contributed by atoms with Crippen molar-refractivity contribution in [3.63, 3.8) is 0 Å². The molecule has 2 aromatic rings. The maximum atomic E-state index is 13.5. The number of halogens is 1. The van der Waals surface area contributed by atoms with E-state index in [0.29, 0.717) is 35.3 Å². The van der Waals surface area contributed by atoms with E-state index in [2.05, 4.69) is 40.9 Å². The third-order valence-corrected chi connectivity index (χ3v) is 6.69. The van der Waals surface area contributed by atoms with Crippen molar-refractivity contribution in [2.75, 3.05) is 29.5 Å². The minimum Gasteiger partial charge on any atom is -0.448 e. The Labute approximate surface area is 166 Å². The number of carbonyl (C=O) groups is 1. The van der Waals surface area contributed by atoms with Gasteiger partial charge in [-0.25, -0.2) is 14.0 Å². The summed E-state index contributed by atoms with van der Waals surface area (Å²) in [6.07, 6.45) is 2.23. The monoisotopic (exact) mass is 453 g/mol. The zero-order chi connectivity index (χ0) is 19.3. The number of carbonyl (C=O) groups excluding carboxylic acids is 1. The largest absolute Gasteiger partial charge is 0.448 e. The number of aromatic nitrogens is 2. The first kappa shape index (κ1) is 19.6. The summed E-state index contributed by atoms with van der Waals surface area (Å²) in [5, 5.41) is 6.33. The minimum absolute atomic E-state index is 0.186. The second-order valence-electron chi connectivity index (χ2n) is 5.81. The van der Waals surface area contributed by atoms with Gasteiger partial charge in [-0.15, -0.1) is 4.36 Å². The summed E-state index contributed by atoms with van der Waals surface area (Å²) in [6.45, 7) is 2.51. The molecule has 8 nitrogen and oxygen atoms in total. The molecule has 1 aliphatic rings.